The Kier molecular flexibility index (Phi) is 5.97. The van der Waals surface area contributed by atoms with E-state index in [1.54, 1.807) is 24.3 Å². The lowest BCUT2D eigenvalue weighted by Crippen LogP contribution is -2.33. The highest BCUT2D eigenvalue weighted by Crippen LogP contribution is 2.13. The standard InChI is InChI=1S/C16H24N2O3S/c1-22(20,21)12-14-4-6-15(7-5-14)16(19)18-10-8-13-3-2-9-17-11-13/h4-7,13,17H,2-3,8-12H2,1H3,(H,18,19). The highest BCUT2D eigenvalue weighted by molar-refractivity contribution is 7.89. The van der Waals surface area contributed by atoms with Gasteiger partial charge < -0.3 is 10.6 Å². The van der Waals surface area contributed by atoms with Crippen molar-refractivity contribution in [2.45, 2.75) is 25.0 Å². The Morgan fingerprint density at radius 2 is 2.05 bits per heavy atom. The molecule has 1 atom stereocenters. The number of hydrogen-bond donors (Lipinski definition) is 2. The summed E-state index contributed by atoms with van der Waals surface area (Å²) in [7, 11) is -3.04. The first-order valence-electron chi connectivity index (χ1n) is 7.69. The molecule has 6 heteroatoms. The van der Waals surface area contributed by atoms with E-state index in [4.69, 9.17) is 0 Å². The number of hydrogen-bond acceptors (Lipinski definition) is 4. The smallest absolute Gasteiger partial charge is 0.251 e. The summed E-state index contributed by atoms with van der Waals surface area (Å²) in [4.78, 5) is 12.0. The number of piperidine rings is 1. The van der Waals surface area contributed by atoms with Gasteiger partial charge in [0.15, 0.2) is 9.84 Å². The number of amides is 1. The fraction of sp³-hybridized carbons (Fsp3) is 0.562. The van der Waals surface area contributed by atoms with E-state index < -0.39 is 9.84 Å². The van der Waals surface area contributed by atoms with Gasteiger partial charge in [0.2, 0.25) is 0 Å². The Morgan fingerprint density at radius 1 is 1.32 bits per heavy atom. The first-order chi connectivity index (χ1) is 10.4. The Morgan fingerprint density at radius 3 is 2.64 bits per heavy atom. The molecule has 0 spiro atoms. The maximum Gasteiger partial charge on any atom is 0.251 e. The van der Waals surface area contributed by atoms with Crippen LogP contribution in [0.5, 0.6) is 0 Å². The van der Waals surface area contributed by atoms with Crippen LogP contribution in [0.2, 0.25) is 0 Å². The van der Waals surface area contributed by atoms with Crippen molar-refractivity contribution in [3.63, 3.8) is 0 Å². The molecule has 2 rings (SSSR count). The van der Waals surface area contributed by atoms with E-state index in [9.17, 15) is 13.2 Å². The van der Waals surface area contributed by atoms with Crippen LogP contribution in [0.3, 0.4) is 0 Å². The lowest BCUT2D eigenvalue weighted by atomic mass is 9.96. The molecule has 0 radical (unpaired) electrons. The third-order valence-electron chi connectivity index (χ3n) is 3.88. The summed E-state index contributed by atoms with van der Waals surface area (Å²) in [6, 6.07) is 6.75. The molecular weight excluding hydrogens is 300 g/mol. The van der Waals surface area contributed by atoms with Crippen LogP contribution in [0.25, 0.3) is 0 Å². The first-order valence-corrected chi connectivity index (χ1v) is 9.76. The third kappa shape index (κ3) is 5.77. The molecule has 2 N–H and O–H groups in total. The minimum atomic E-state index is -3.04. The summed E-state index contributed by atoms with van der Waals surface area (Å²) in [5.74, 6) is 0.546. The van der Waals surface area contributed by atoms with Crippen LogP contribution in [0.4, 0.5) is 0 Å². The maximum atomic E-state index is 12.0. The molecule has 1 saturated heterocycles. The van der Waals surface area contributed by atoms with Crippen molar-refractivity contribution < 1.29 is 13.2 Å². The second kappa shape index (κ2) is 7.74. The summed E-state index contributed by atoms with van der Waals surface area (Å²) in [5, 5.41) is 6.30. The molecule has 0 bridgehead atoms. The molecule has 22 heavy (non-hydrogen) atoms. The molecule has 1 heterocycles. The highest BCUT2D eigenvalue weighted by atomic mass is 32.2. The van der Waals surface area contributed by atoms with E-state index in [0.717, 1.165) is 19.5 Å². The molecule has 0 aliphatic carbocycles. The molecule has 1 fully saturated rings. The topological polar surface area (TPSA) is 75.3 Å². The lowest BCUT2D eigenvalue weighted by Gasteiger charge is -2.22. The zero-order valence-corrected chi connectivity index (χ0v) is 13.8. The van der Waals surface area contributed by atoms with Crippen molar-refractivity contribution in [2.75, 3.05) is 25.9 Å². The lowest BCUT2D eigenvalue weighted by molar-refractivity contribution is 0.0950. The molecule has 1 aromatic rings. The van der Waals surface area contributed by atoms with Gasteiger partial charge in [0.05, 0.1) is 5.75 Å². The number of nitrogens with one attached hydrogen (secondary N) is 2. The van der Waals surface area contributed by atoms with Gasteiger partial charge in [-0.3, -0.25) is 4.79 Å². The number of carbonyl (C=O) groups excluding carboxylic acids is 1. The van der Waals surface area contributed by atoms with Gasteiger partial charge in [-0.25, -0.2) is 8.42 Å². The molecule has 1 aliphatic rings. The zero-order chi connectivity index (χ0) is 16.0. The van der Waals surface area contributed by atoms with Crippen molar-refractivity contribution in [1.82, 2.24) is 10.6 Å². The van der Waals surface area contributed by atoms with E-state index >= 15 is 0 Å². The molecular formula is C16H24N2O3S. The highest BCUT2D eigenvalue weighted by Gasteiger charge is 2.13. The Labute approximate surface area is 132 Å². The summed E-state index contributed by atoms with van der Waals surface area (Å²) < 4.78 is 22.5. The van der Waals surface area contributed by atoms with E-state index in [2.05, 4.69) is 10.6 Å². The Hall–Kier alpha value is -1.40. The van der Waals surface area contributed by atoms with Crippen molar-refractivity contribution in [3.8, 4) is 0 Å². The van der Waals surface area contributed by atoms with Crippen LogP contribution in [0, 0.1) is 5.92 Å². The predicted molar refractivity (Wildman–Crippen MR) is 87.5 cm³/mol. The number of rotatable bonds is 6. The quantitative estimate of drug-likeness (QED) is 0.828. The minimum Gasteiger partial charge on any atom is -0.352 e. The fourth-order valence-corrected chi connectivity index (χ4v) is 3.52. The number of benzene rings is 1. The maximum absolute atomic E-state index is 12.0. The molecule has 1 aromatic carbocycles. The van der Waals surface area contributed by atoms with E-state index in [1.165, 1.54) is 19.1 Å². The van der Waals surface area contributed by atoms with Gasteiger partial charge in [0, 0.05) is 18.4 Å². The summed E-state index contributed by atoms with van der Waals surface area (Å²) in [6.07, 6.45) is 4.63. The van der Waals surface area contributed by atoms with Crippen LogP contribution in [0.1, 0.15) is 35.2 Å². The summed E-state index contributed by atoms with van der Waals surface area (Å²) in [5.41, 5.74) is 1.27. The zero-order valence-electron chi connectivity index (χ0n) is 13.0. The molecule has 1 unspecified atom stereocenters. The van der Waals surface area contributed by atoms with Crippen LogP contribution >= 0.6 is 0 Å². The van der Waals surface area contributed by atoms with Gasteiger partial charge in [-0.05, 0) is 56.0 Å². The average molecular weight is 324 g/mol. The van der Waals surface area contributed by atoms with Crippen LogP contribution in [-0.4, -0.2) is 40.2 Å². The monoisotopic (exact) mass is 324 g/mol. The SMILES string of the molecule is CS(=O)(=O)Cc1ccc(C(=O)NCCC2CCCNC2)cc1. The van der Waals surface area contributed by atoms with E-state index in [1.807, 2.05) is 0 Å². The second-order valence-electron chi connectivity index (χ2n) is 6.02. The first kappa shape index (κ1) is 17.0. The predicted octanol–water partition coefficient (Wildman–Crippen LogP) is 1.35. The fourth-order valence-electron chi connectivity index (χ4n) is 2.72. The normalized spacial score (nSPS) is 18.9. The van der Waals surface area contributed by atoms with Crippen molar-refractivity contribution >= 4 is 15.7 Å². The van der Waals surface area contributed by atoms with Gasteiger partial charge in [0.25, 0.3) is 5.91 Å². The van der Waals surface area contributed by atoms with Gasteiger partial charge in [0.1, 0.15) is 0 Å². The van der Waals surface area contributed by atoms with E-state index in [-0.39, 0.29) is 11.7 Å². The Balaban J connectivity index is 1.79. The average Bonchev–Trinajstić information content (AvgIpc) is 2.47. The van der Waals surface area contributed by atoms with Gasteiger partial charge >= 0.3 is 0 Å². The van der Waals surface area contributed by atoms with Gasteiger partial charge in [-0.1, -0.05) is 12.1 Å². The van der Waals surface area contributed by atoms with Crippen LogP contribution in [0.15, 0.2) is 24.3 Å². The number of sulfone groups is 1. The molecule has 122 valence electrons. The van der Waals surface area contributed by atoms with Crippen molar-refractivity contribution in [2.24, 2.45) is 5.92 Å². The van der Waals surface area contributed by atoms with Crippen LogP contribution < -0.4 is 10.6 Å². The second-order valence-corrected chi connectivity index (χ2v) is 8.16. The van der Waals surface area contributed by atoms with Crippen molar-refractivity contribution in [3.05, 3.63) is 35.4 Å². The molecule has 0 saturated carbocycles. The third-order valence-corrected chi connectivity index (χ3v) is 4.74. The molecule has 1 amide bonds. The van der Waals surface area contributed by atoms with E-state index in [0.29, 0.717) is 23.6 Å². The van der Waals surface area contributed by atoms with Crippen molar-refractivity contribution in [1.29, 1.82) is 0 Å². The number of carbonyl (C=O) groups is 1. The van der Waals surface area contributed by atoms with Crippen LogP contribution in [-0.2, 0) is 15.6 Å². The summed E-state index contributed by atoms with van der Waals surface area (Å²) >= 11 is 0. The largest absolute Gasteiger partial charge is 0.352 e. The van der Waals surface area contributed by atoms with Gasteiger partial charge in [-0.2, -0.15) is 0 Å². The van der Waals surface area contributed by atoms with Gasteiger partial charge in [-0.15, -0.1) is 0 Å². The summed E-state index contributed by atoms with van der Waals surface area (Å²) in [6.45, 7) is 2.81. The molecule has 1 aliphatic heterocycles. The molecule has 5 nitrogen and oxygen atoms in total. The minimum absolute atomic E-state index is 0.00355. The molecule has 0 aromatic heterocycles. The Bertz CT molecular complexity index is 590.